The summed E-state index contributed by atoms with van der Waals surface area (Å²) in [6, 6.07) is 14.8. The number of carbonyl (C=O) groups is 2. The number of nitrogens with zero attached hydrogens (tertiary/aromatic N) is 2. The SMILES string of the molecule is O=C1NC(=O)C(c2c[nH]c3ccccc23)=C1Nc1cccc(OCCNc2cnccn2)c1. The van der Waals surface area contributed by atoms with Crippen molar-refractivity contribution in [3.8, 4) is 5.75 Å². The summed E-state index contributed by atoms with van der Waals surface area (Å²) in [7, 11) is 0. The number of anilines is 2. The standard InChI is InChI=1S/C24H20N6O3/c31-23-21(18-13-28-19-7-2-1-6-17(18)19)22(24(32)30-23)29-15-4-3-5-16(12-15)33-11-10-27-20-14-25-8-9-26-20/h1-9,12-14,28H,10-11H2,(H,26,27)(H2,29,30,31,32). The fraction of sp³-hybridized carbons (Fsp3) is 0.0833. The number of carbonyl (C=O) groups excluding carboxylic acids is 2. The van der Waals surface area contributed by atoms with Crippen molar-refractivity contribution in [2.75, 3.05) is 23.8 Å². The number of ether oxygens (including phenoxy) is 1. The van der Waals surface area contributed by atoms with Gasteiger partial charge in [0.05, 0.1) is 18.3 Å². The van der Waals surface area contributed by atoms with Gasteiger partial charge in [-0.25, -0.2) is 4.98 Å². The molecule has 4 N–H and O–H groups in total. The lowest BCUT2D eigenvalue weighted by atomic mass is 10.0. The van der Waals surface area contributed by atoms with E-state index in [-0.39, 0.29) is 5.70 Å². The summed E-state index contributed by atoms with van der Waals surface area (Å²) in [6.07, 6.45) is 6.60. The normalized spacial score (nSPS) is 13.3. The first-order valence-electron chi connectivity index (χ1n) is 10.4. The number of aromatic amines is 1. The van der Waals surface area contributed by atoms with Crippen LogP contribution < -0.4 is 20.7 Å². The maximum Gasteiger partial charge on any atom is 0.275 e. The largest absolute Gasteiger partial charge is 0.492 e. The Morgan fingerprint density at radius 1 is 1.00 bits per heavy atom. The molecule has 1 aliphatic rings. The smallest absolute Gasteiger partial charge is 0.275 e. The van der Waals surface area contributed by atoms with Gasteiger partial charge in [0.15, 0.2) is 0 Å². The second-order valence-corrected chi connectivity index (χ2v) is 7.30. The van der Waals surface area contributed by atoms with E-state index in [2.05, 4.69) is 30.9 Å². The Bertz CT molecular complexity index is 1360. The van der Waals surface area contributed by atoms with E-state index in [4.69, 9.17) is 4.74 Å². The Labute approximate surface area is 188 Å². The lowest BCUT2D eigenvalue weighted by Gasteiger charge is -2.11. The number of benzene rings is 2. The van der Waals surface area contributed by atoms with Crippen molar-refractivity contribution >= 4 is 39.8 Å². The lowest BCUT2D eigenvalue weighted by molar-refractivity contribution is -0.123. The maximum absolute atomic E-state index is 12.6. The summed E-state index contributed by atoms with van der Waals surface area (Å²) in [5.41, 5.74) is 2.69. The molecule has 0 atom stereocenters. The van der Waals surface area contributed by atoms with E-state index in [1.165, 1.54) is 0 Å². The molecule has 9 heteroatoms. The van der Waals surface area contributed by atoms with Crippen LogP contribution in [0.3, 0.4) is 0 Å². The monoisotopic (exact) mass is 440 g/mol. The Morgan fingerprint density at radius 3 is 2.79 bits per heavy atom. The predicted octanol–water partition coefficient (Wildman–Crippen LogP) is 2.93. The van der Waals surface area contributed by atoms with Gasteiger partial charge in [0.1, 0.15) is 23.9 Å². The number of nitrogens with one attached hydrogen (secondary N) is 4. The van der Waals surface area contributed by atoms with Crippen LogP contribution in [0.4, 0.5) is 11.5 Å². The number of H-pyrrole nitrogens is 1. The zero-order valence-corrected chi connectivity index (χ0v) is 17.5. The number of hydrogen-bond donors (Lipinski definition) is 4. The van der Waals surface area contributed by atoms with E-state index in [9.17, 15) is 9.59 Å². The first-order chi connectivity index (χ1) is 16.2. The van der Waals surface area contributed by atoms with Crippen LogP contribution in [0.1, 0.15) is 5.56 Å². The molecule has 0 saturated heterocycles. The van der Waals surface area contributed by atoms with Gasteiger partial charge in [-0.2, -0.15) is 0 Å². The van der Waals surface area contributed by atoms with Crippen LogP contribution in [0.2, 0.25) is 0 Å². The highest BCUT2D eigenvalue weighted by molar-refractivity contribution is 6.38. The van der Waals surface area contributed by atoms with Crippen molar-refractivity contribution in [1.82, 2.24) is 20.3 Å². The highest BCUT2D eigenvalue weighted by atomic mass is 16.5. The summed E-state index contributed by atoms with van der Waals surface area (Å²) >= 11 is 0. The zero-order valence-electron chi connectivity index (χ0n) is 17.5. The number of aromatic nitrogens is 3. The summed E-state index contributed by atoms with van der Waals surface area (Å²) in [5, 5.41) is 9.47. The number of fused-ring (bicyclic) bond motifs is 1. The molecular formula is C24H20N6O3. The van der Waals surface area contributed by atoms with Crippen molar-refractivity contribution in [3.63, 3.8) is 0 Å². The van der Waals surface area contributed by atoms with E-state index in [1.807, 2.05) is 36.4 Å². The predicted molar refractivity (Wildman–Crippen MR) is 124 cm³/mol. The number of imide groups is 1. The molecule has 1 aliphatic heterocycles. The Kier molecular flexibility index (Phi) is 5.42. The summed E-state index contributed by atoms with van der Waals surface area (Å²) in [6.45, 7) is 0.950. The quantitative estimate of drug-likeness (QED) is 0.246. The third kappa shape index (κ3) is 4.24. The van der Waals surface area contributed by atoms with Gasteiger partial charge < -0.3 is 20.4 Å². The van der Waals surface area contributed by atoms with Crippen LogP contribution in [-0.2, 0) is 9.59 Å². The first kappa shape index (κ1) is 20.3. The minimum Gasteiger partial charge on any atom is -0.492 e. The Hall–Kier alpha value is -4.66. The highest BCUT2D eigenvalue weighted by Gasteiger charge is 2.32. The molecule has 0 radical (unpaired) electrons. The fourth-order valence-corrected chi connectivity index (χ4v) is 3.66. The van der Waals surface area contributed by atoms with Gasteiger partial charge in [-0.05, 0) is 18.2 Å². The molecule has 0 fully saturated rings. The van der Waals surface area contributed by atoms with Crippen LogP contribution in [0, 0.1) is 0 Å². The Morgan fingerprint density at radius 2 is 1.91 bits per heavy atom. The van der Waals surface area contributed by atoms with Crippen LogP contribution >= 0.6 is 0 Å². The number of hydrogen-bond acceptors (Lipinski definition) is 7. The van der Waals surface area contributed by atoms with E-state index in [0.717, 1.165) is 10.9 Å². The van der Waals surface area contributed by atoms with E-state index >= 15 is 0 Å². The highest BCUT2D eigenvalue weighted by Crippen LogP contribution is 2.31. The van der Waals surface area contributed by atoms with E-state index in [0.29, 0.717) is 41.5 Å². The van der Waals surface area contributed by atoms with Gasteiger partial charge in [0.2, 0.25) is 0 Å². The topological polar surface area (TPSA) is 121 Å². The number of rotatable bonds is 8. The van der Waals surface area contributed by atoms with Crippen LogP contribution in [-0.4, -0.2) is 39.9 Å². The van der Waals surface area contributed by atoms with Crippen molar-refractivity contribution in [2.24, 2.45) is 0 Å². The van der Waals surface area contributed by atoms with Crippen LogP contribution in [0.15, 0.2) is 79.0 Å². The molecule has 5 rings (SSSR count). The van der Waals surface area contributed by atoms with Crippen molar-refractivity contribution in [3.05, 3.63) is 84.6 Å². The van der Waals surface area contributed by atoms with Gasteiger partial charge >= 0.3 is 0 Å². The van der Waals surface area contributed by atoms with Crippen molar-refractivity contribution in [2.45, 2.75) is 0 Å². The second kappa shape index (κ2) is 8.83. The number of amides is 2. The maximum atomic E-state index is 12.6. The van der Waals surface area contributed by atoms with Gasteiger partial charge in [-0.3, -0.25) is 19.9 Å². The van der Waals surface area contributed by atoms with Crippen molar-refractivity contribution < 1.29 is 14.3 Å². The molecule has 0 aliphatic carbocycles. The van der Waals surface area contributed by atoms with Gasteiger partial charge in [0, 0.05) is 46.8 Å². The molecule has 0 saturated carbocycles. The minimum absolute atomic E-state index is 0.200. The summed E-state index contributed by atoms with van der Waals surface area (Å²) in [4.78, 5) is 36.4. The number of para-hydroxylation sites is 1. The van der Waals surface area contributed by atoms with E-state index in [1.54, 1.807) is 36.9 Å². The zero-order chi connectivity index (χ0) is 22.6. The molecule has 33 heavy (non-hydrogen) atoms. The second-order valence-electron chi connectivity index (χ2n) is 7.30. The van der Waals surface area contributed by atoms with Crippen LogP contribution in [0.25, 0.3) is 16.5 Å². The first-order valence-corrected chi connectivity index (χ1v) is 10.4. The average Bonchev–Trinajstić information content (AvgIpc) is 3.37. The third-order valence-corrected chi connectivity index (χ3v) is 5.13. The average molecular weight is 440 g/mol. The molecule has 2 amide bonds. The molecular weight excluding hydrogens is 420 g/mol. The molecule has 164 valence electrons. The van der Waals surface area contributed by atoms with Crippen LogP contribution in [0.5, 0.6) is 5.75 Å². The van der Waals surface area contributed by atoms with Crippen molar-refractivity contribution in [1.29, 1.82) is 0 Å². The fourth-order valence-electron chi connectivity index (χ4n) is 3.66. The minimum atomic E-state index is -0.472. The van der Waals surface area contributed by atoms with Gasteiger partial charge in [-0.1, -0.05) is 24.3 Å². The molecule has 9 nitrogen and oxygen atoms in total. The Balaban J connectivity index is 1.33. The molecule has 2 aromatic heterocycles. The molecule has 3 heterocycles. The summed E-state index contributed by atoms with van der Waals surface area (Å²) < 4.78 is 5.80. The molecule has 2 aromatic carbocycles. The molecule has 0 spiro atoms. The summed E-state index contributed by atoms with van der Waals surface area (Å²) in [5.74, 6) is 0.389. The molecule has 0 unspecified atom stereocenters. The van der Waals surface area contributed by atoms with E-state index < -0.39 is 11.8 Å². The molecule has 4 aromatic rings. The third-order valence-electron chi connectivity index (χ3n) is 5.13. The van der Waals surface area contributed by atoms with Gasteiger partial charge in [0.25, 0.3) is 11.8 Å². The molecule has 0 bridgehead atoms. The van der Waals surface area contributed by atoms with Gasteiger partial charge in [-0.15, -0.1) is 0 Å². The lowest BCUT2D eigenvalue weighted by Crippen LogP contribution is -2.24.